The van der Waals surface area contributed by atoms with Crippen LogP contribution in [0.1, 0.15) is 38.7 Å². The number of amides is 1. The van der Waals surface area contributed by atoms with E-state index in [2.05, 4.69) is 13.8 Å². The summed E-state index contributed by atoms with van der Waals surface area (Å²) in [5.41, 5.74) is 1.12. The van der Waals surface area contributed by atoms with Gasteiger partial charge in [0, 0.05) is 13.1 Å². The van der Waals surface area contributed by atoms with Crippen molar-refractivity contribution in [2.45, 2.75) is 39.2 Å². The number of hydrogen-bond acceptors (Lipinski definition) is 3. The zero-order valence-corrected chi connectivity index (χ0v) is 13.1. The van der Waals surface area contributed by atoms with Gasteiger partial charge in [-0.25, -0.2) is 0 Å². The van der Waals surface area contributed by atoms with Crippen LogP contribution in [-0.4, -0.2) is 41.7 Å². The summed E-state index contributed by atoms with van der Waals surface area (Å²) in [4.78, 5) is 14.0. The molecule has 0 aromatic heterocycles. The molecule has 2 unspecified atom stereocenters. The largest absolute Gasteiger partial charge is 0.483 e. The van der Waals surface area contributed by atoms with Crippen molar-refractivity contribution in [1.82, 2.24) is 4.90 Å². The highest BCUT2D eigenvalue weighted by atomic mass is 16.5. The molecule has 2 rings (SSSR count). The third kappa shape index (κ3) is 3.97. The summed E-state index contributed by atoms with van der Waals surface area (Å²) in [7, 11) is 0. The normalized spacial score (nSPS) is 22.4. The lowest BCUT2D eigenvalue weighted by Gasteiger charge is -2.34. The predicted molar refractivity (Wildman–Crippen MR) is 82.4 cm³/mol. The molecule has 0 aliphatic carbocycles. The van der Waals surface area contributed by atoms with E-state index >= 15 is 0 Å². The first kappa shape index (κ1) is 15.8. The second-order valence-corrected chi connectivity index (χ2v) is 6.15. The van der Waals surface area contributed by atoms with Gasteiger partial charge in [-0.05, 0) is 29.9 Å². The maximum absolute atomic E-state index is 12.2. The second kappa shape index (κ2) is 6.94. The Morgan fingerprint density at radius 3 is 2.81 bits per heavy atom. The zero-order chi connectivity index (χ0) is 15.4. The molecule has 1 N–H and O–H groups in total. The van der Waals surface area contributed by atoms with E-state index in [0.29, 0.717) is 25.4 Å². The van der Waals surface area contributed by atoms with E-state index in [1.54, 1.807) is 4.90 Å². The van der Waals surface area contributed by atoms with E-state index in [0.717, 1.165) is 11.3 Å². The van der Waals surface area contributed by atoms with Crippen LogP contribution in [0.15, 0.2) is 24.3 Å². The number of rotatable bonds is 4. The SMILES string of the molecule is CC(C)c1ccccc1OCC(=O)N1CCC(O)C(C)C1. The molecule has 0 radical (unpaired) electrons. The summed E-state index contributed by atoms with van der Waals surface area (Å²) >= 11 is 0. The van der Waals surface area contributed by atoms with Crippen molar-refractivity contribution in [3.8, 4) is 5.75 Å². The van der Waals surface area contributed by atoms with E-state index in [-0.39, 0.29) is 24.5 Å². The van der Waals surface area contributed by atoms with Crippen molar-refractivity contribution < 1.29 is 14.6 Å². The highest BCUT2D eigenvalue weighted by Crippen LogP contribution is 2.26. The van der Waals surface area contributed by atoms with Crippen LogP contribution < -0.4 is 4.74 Å². The standard InChI is InChI=1S/C17H25NO3/c1-12(2)14-6-4-5-7-16(14)21-11-17(20)18-9-8-15(19)13(3)10-18/h4-7,12-13,15,19H,8-11H2,1-3H3. The Labute approximate surface area is 126 Å². The highest BCUT2D eigenvalue weighted by molar-refractivity contribution is 5.78. The van der Waals surface area contributed by atoms with Crippen molar-refractivity contribution >= 4 is 5.91 Å². The summed E-state index contributed by atoms with van der Waals surface area (Å²) in [6.45, 7) is 7.47. The molecule has 116 valence electrons. The number of para-hydroxylation sites is 1. The van der Waals surface area contributed by atoms with Gasteiger partial charge in [0.15, 0.2) is 6.61 Å². The third-order valence-electron chi connectivity index (χ3n) is 4.10. The fourth-order valence-electron chi connectivity index (χ4n) is 2.68. The van der Waals surface area contributed by atoms with Crippen LogP contribution >= 0.6 is 0 Å². The first-order valence-corrected chi connectivity index (χ1v) is 7.66. The summed E-state index contributed by atoms with van der Waals surface area (Å²) in [6.07, 6.45) is 0.354. The fourth-order valence-corrected chi connectivity index (χ4v) is 2.68. The van der Waals surface area contributed by atoms with Crippen LogP contribution in [0.5, 0.6) is 5.75 Å². The van der Waals surface area contributed by atoms with Crippen molar-refractivity contribution in [2.24, 2.45) is 5.92 Å². The molecule has 0 bridgehead atoms. The lowest BCUT2D eigenvalue weighted by atomic mass is 9.97. The smallest absolute Gasteiger partial charge is 0.260 e. The number of carbonyl (C=O) groups is 1. The second-order valence-electron chi connectivity index (χ2n) is 6.15. The van der Waals surface area contributed by atoms with Crippen molar-refractivity contribution in [3.05, 3.63) is 29.8 Å². The van der Waals surface area contributed by atoms with Gasteiger partial charge in [0.1, 0.15) is 5.75 Å². The lowest BCUT2D eigenvalue weighted by molar-refractivity contribution is -0.136. The molecule has 2 atom stereocenters. The molecule has 21 heavy (non-hydrogen) atoms. The first-order valence-electron chi connectivity index (χ1n) is 7.66. The van der Waals surface area contributed by atoms with Gasteiger partial charge in [0.25, 0.3) is 5.91 Å². The minimum Gasteiger partial charge on any atom is -0.483 e. The molecule has 1 aliphatic rings. The van der Waals surface area contributed by atoms with Gasteiger partial charge in [-0.1, -0.05) is 39.0 Å². The molecule has 1 saturated heterocycles. The van der Waals surface area contributed by atoms with Gasteiger partial charge in [-0.3, -0.25) is 4.79 Å². The van der Waals surface area contributed by atoms with Crippen LogP contribution in [0, 0.1) is 5.92 Å². The number of ether oxygens (including phenoxy) is 1. The minimum atomic E-state index is -0.295. The van der Waals surface area contributed by atoms with Crippen molar-refractivity contribution in [1.29, 1.82) is 0 Å². The molecule has 4 heteroatoms. The number of aliphatic hydroxyl groups is 1. The maximum atomic E-state index is 12.2. The average molecular weight is 291 g/mol. The highest BCUT2D eigenvalue weighted by Gasteiger charge is 2.27. The number of benzene rings is 1. The van der Waals surface area contributed by atoms with Gasteiger partial charge < -0.3 is 14.7 Å². The van der Waals surface area contributed by atoms with Gasteiger partial charge in [-0.15, -0.1) is 0 Å². The molecule has 1 fully saturated rings. The van der Waals surface area contributed by atoms with E-state index in [9.17, 15) is 9.90 Å². The Balaban J connectivity index is 1.93. The Kier molecular flexibility index (Phi) is 5.23. The Morgan fingerprint density at radius 2 is 2.14 bits per heavy atom. The number of piperidine rings is 1. The van der Waals surface area contributed by atoms with E-state index in [4.69, 9.17) is 4.74 Å². The molecule has 0 saturated carbocycles. The van der Waals surface area contributed by atoms with Crippen LogP contribution in [0.4, 0.5) is 0 Å². The van der Waals surface area contributed by atoms with Crippen LogP contribution in [0.3, 0.4) is 0 Å². The van der Waals surface area contributed by atoms with E-state index < -0.39 is 0 Å². The van der Waals surface area contributed by atoms with Gasteiger partial charge >= 0.3 is 0 Å². The summed E-state index contributed by atoms with van der Waals surface area (Å²) in [6, 6.07) is 7.84. The summed E-state index contributed by atoms with van der Waals surface area (Å²) in [5, 5.41) is 9.71. The van der Waals surface area contributed by atoms with Crippen molar-refractivity contribution in [2.75, 3.05) is 19.7 Å². The fraction of sp³-hybridized carbons (Fsp3) is 0.588. The Morgan fingerprint density at radius 1 is 1.43 bits per heavy atom. The third-order valence-corrected chi connectivity index (χ3v) is 4.10. The topological polar surface area (TPSA) is 49.8 Å². The zero-order valence-electron chi connectivity index (χ0n) is 13.1. The van der Waals surface area contributed by atoms with Gasteiger partial charge in [0.2, 0.25) is 0 Å². The van der Waals surface area contributed by atoms with Gasteiger partial charge in [-0.2, -0.15) is 0 Å². The van der Waals surface area contributed by atoms with E-state index in [1.165, 1.54) is 0 Å². The monoisotopic (exact) mass is 291 g/mol. The van der Waals surface area contributed by atoms with Crippen LogP contribution in [-0.2, 0) is 4.79 Å². The predicted octanol–water partition coefficient (Wildman–Crippen LogP) is 2.42. The molecule has 4 nitrogen and oxygen atoms in total. The summed E-state index contributed by atoms with van der Waals surface area (Å²) < 4.78 is 5.72. The number of likely N-dealkylation sites (tertiary alicyclic amines) is 1. The molecule has 0 spiro atoms. The maximum Gasteiger partial charge on any atom is 0.260 e. The lowest BCUT2D eigenvalue weighted by Crippen LogP contribution is -2.46. The average Bonchev–Trinajstić information content (AvgIpc) is 2.47. The van der Waals surface area contributed by atoms with E-state index in [1.807, 2.05) is 31.2 Å². The molecule has 1 aromatic carbocycles. The van der Waals surface area contributed by atoms with Crippen molar-refractivity contribution in [3.63, 3.8) is 0 Å². The number of hydrogen-bond donors (Lipinski definition) is 1. The first-order chi connectivity index (χ1) is 9.99. The van der Waals surface area contributed by atoms with Crippen LogP contribution in [0.25, 0.3) is 0 Å². The Bertz CT molecular complexity index is 487. The molecular weight excluding hydrogens is 266 g/mol. The minimum absolute atomic E-state index is 0.00712. The quantitative estimate of drug-likeness (QED) is 0.927. The molecule has 1 amide bonds. The molecule has 1 aromatic rings. The van der Waals surface area contributed by atoms with Gasteiger partial charge in [0.05, 0.1) is 6.10 Å². The Hall–Kier alpha value is -1.55. The molecule has 1 heterocycles. The number of aliphatic hydroxyl groups excluding tert-OH is 1. The van der Waals surface area contributed by atoms with Crippen LogP contribution in [0.2, 0.25) is 0 Å². The molecule has 1 aliphatic heterocycles. The summed E-state index contributed by atoms with van der Waals surface area (Å²) in [5.74, 6) is 1.27. The number of carbonyl (C=O) groups excluding carboxylic acids is 1. The molecular formula is C17H25NO3. The number of nitrogens with zero attached hydrogens (tertiary/aromatic N) is 1.